The van der Waals surface area contributed by atoms with E-state index in [1.807, 2.05) is 0 Å². The molecule has 1 saturated heterocycles. The molecule has 0 unspecified atom stereocenters. The molecule has 0 saturated carbocycles. The summed E-state index contributed by atoms with van der Waals surface area (Å²) in [5.74, 6) is 0. The van der Waals surface area contributed by atoms with Crippen LogP contribution in [0.3, 0.4) is 0 Å². The van der Waals surface area contributed by atoms with Gasteiger partial charge in [0.2, 0.25) is 0 Å². The molecule has 1 aliphatic rings. The Morgan fingerprint density at radius 3 is 2.82 bits per heavy atom. The van der Waals surface area contributed by atoms with E-state index in [9.17, 15) is 0 Å². The predicted molar refractivity (Wildman–Crippen MR) is 75.8 cm³/mol. The molecule has 2 rings (SSSR count). The summed E-state index contributed by atoms with van der Waals surface area (Å²) in [4.78, 5) is 2.44. The Kier molecular flexibility index (Phi) is 3.79. The number of morpholine rings is 1. The molecule has 0 spiro atoms. The van der Waals surface area contributed by atoms with E-state index in [-0.39, 0.29) is 5.60 Å². The third-order valence-electron chi connectivity index (χ3n) is 3.19. The second-order valence-electron chi connectivity index (χ2n) is 5.16. The van der Waals surface area contributed by atoms with E-state index in [2.05, 4.69) is 59.8 Å². The molecule has 0 amide bonds. The normalized spacial score (nSPS) is 19.4. The third-order valence-corrected chi connectivity index (χ3v) is 3.68. The van der Waals surface area contributed by atoms with Crippen molar-refractivity contribution in [3.05, 3.63) is 28.2 Å². The maximum Gasteiger partial charge on any atom is 0.0801 e. The van der Waals surface area contributed by atoms with Crippen LogP contribution >= 0.6 is 15.9 Å². The lowest BCUT2D eigenvalue weighted by atomic mass is 10.0. The van der Waals surface area contributed by atoms with Gasteiger partial charge in [-0.1, -0.05) is 22.9 Å². The van der Waals surface area contributed by atoms with Crippen LogP contribution in [0.15, 0.2) is 22.7 Å². The van der Waals surface area contributed by atoms with Crippen LogP contribution in [-0.2, 0) is 11.2 Å². The Hall–Kier alpha value is -0.540. The first-order valence-electron chi connectivity index (χ1n) is 6.19. The van der Waals surface area contributed by atoms with E-state index in [1.165, 1.54) is 11.3 Å². The number of nitrogens with zero attached hydrogens (tertiary/aromatic N) is 1. The molecule has 0 bridgehead atoms. The summed E-state index contributed by atoms with van der Waals surface area (Å²) >= 11 is 3.54. The Balaban J connectivity index is 2.27. The van der Waals surface area contributed by atoms with Crippen molar-refractivity contribution >= 4 is 21.6 Å². The topological polar surface area (TPSA) is 12.5 Å². The number of hydrogen-bond acceptors (Lipinski definition) is 2. The fraction of sp³-hybridized carbons (Fsp3) is 0.571. The smallest absolute Gasteiger partial charge is 0.0801 e. The van der Waals surface area contributed by atoms with Crippen LogP contribution in [0.1, 0.15) is 26.3 Å². The number of benzene rings is 1. The van der Waals surface area contributed by atoms with Crippen molar-refractivity contribution in [3.63, 3.8) is 0 Å². The highest BCUT2D eigenvalue weighted by Crippen LogP contribution is 2.28. The monoisotopic (exact) mass is 297 g/mol. The Morgan fingerprint density at radius 1 is 1.41 bits per heavy atom. The fourth-order valence-corrected chi connectivity index (χ4v) is 2.78. The zero-order valence-corrected chi connectivity index (χ0v) is 12.4. The Morgan fingerprint density at radius 2 is 2.18 bits per heavy atom. The average molecular weight is 298 g/mol. The SMILES string of the molecule is CCc1cc(Br)ccc1N1CCOC(C)(C)C1. The molecule has 1 fully saturated rings. The van der Waals surface area contributed by atoms with Crippen LogP contribution in [0.5, 0.6) is 0 Å². The molecule has 1 heterocycles. The van der Waals surface area contributed by atoms with E-state index in [1.54, 1.807) is 0 Å². The summed E-state index contributed by atoms with van der Waals surface area (Å²) in [6.45, 7) is 9.27. The largest absolute Gasteiger partial charge is 0.372 e. The number of rotatable bonds is 2. The molecule has 0 aromatic heterocycles. The van der Waals surface area contributed by atoms with Gasteiger partial charge in [-0.05, 0) is 44.0 Å². The van der Waals surface area contributed by atoms with Crippen LogP contribution in [-0.4, -0.2) is 25.3 Å². The van der Waals surface area contributed by atoms with Crippen molar-refractivity contribution in [2.75, 3.05) is 24.6 Å². The zero-order valence-electron chi connectivity index (χ0n) is 10.8. The minimum absolute atomic E-state index is 0.0453. The summed E-state index contributed by atoms with van der Waals surface area (Å²) in [6.07, 6.45) is 1.06. The number of hydrogen-bond donors (Lipinski definition) is 0. The van der Waals surface area contributed by atoms with Gasteiger partial charge >= 0.3 is 0 Å². The third kappa shape index (κ3) is 3.02. The highest BCUT2D eigenvalue weighted by molar-refractivity contribution is 9.10. The summed E-state index contributed by atoms with van der Waals surface area (Å²) in [6, 6.07) is 6.55. The lowest BCUT2D eigenvalue weighted by Crippen LogP contribution is -2.48. The molecular weight excluding hydrogens is 278 g/mol. The van der Waals surface area contributed by atoms with Crippen LogP contribution in [0.4, 0.5) is 5.69 Å². The highest BCUT2D eigenvalue weighted by Gasteiger charge is 2.28. The molecule has 0 radical (unpaired) electrons. The zero-order chi connectivity index (χ0) is 12.5. The summed E-state index contributed by atoms with van der Waals surface area (Å²) in [5, 5.41) is 0. The maximum absolute atomic E-state index is 5.76. The number of halogens is 1. The number of ether oxygens (including phenoxy) is 1. The molecule has 3 heteroatoms. The van der Waals surface area contributed by atoms with Crippen molar-refractivity contribution in [3.8, 4) is 0 Å². The molecule has 94 valence electrons. The van der Waals surface area contributed by atoms with Gasteiger partial charge in [0, 0.05) is 23.2 Å². The van der Waals surface area contributed by atoms with Gasteiger partial charge < -0.3 is 9.64 Å². The van der Waals surface area contributed by atoms with Crippen molar-refractivity contribution in [2.24, 2.45) is 0 Å². The molecule has 1 aliphatic heterocycles. The first-order valence-corrected chi connectivity index (χ1v) is 6.98. The van der Waals surface area contributed by atoms with Gasteiger partial charge in [-0.3, -0.25) is 0 Å². The van der Waals surface area contributed by atoms with Gasteiger partial charge in [-0.25, -0.2) is 0 Å². The minimum Gasteiger partial charge on any atom is -0.372 e. The summed E-state index contributed by atoms with van der Waals surface area (Å²) in [5.41, 5.74) is 2.71. The second kappa shape index (κ2) is 4.99. The highest BCUT2D eigenvalue weighted by atomic mass is 79.9. The van der Waals surface area contributed by atoms with Crippen molar-refractivity contribution in [1.82, 2.24) is 0 Å². The molecule has 2 nitrogen and oxygen atoms in total. The Labute approximate surface area is 112 Å². The van der Waals surface area contributed by atoms with Crippen LogP contribution < -0.4 is 4.90 Å². The minimum atomic E-state index is -0.0453. The van der Waals surface area contributed by atoms with Crippen LogP contribution in [0.2, 0.25) is 0 Å². The molecule has 0 N–H and O–H groups in total. The first-order chi connectivity index (χ1) is 8.02. The van der Waals surface area contributed by atoms with Gasteiger partial charge in [-0.15, -0.1) is 0 Å². The molecule has 1 aromatic rings. The van der Waals surface area contributed by atoms with Crippen molar-refractivity contribution in [2.45, 2.75) is 32.8 Å². The van der Waals surface area contributed by atoms with E-state index < -0.39 is 0 Å². The van der Waals surface area contributed by atoms with Gasteiger partial charge in [-0.2, -0.15) is 0 Å². The quantitative estimate of drug-likeness (QED) is 0.826. The van der Waals surface area contributed by atoms with Gasteiger partial charge in [0.05, 0.1) is 12.2 Å². The van der Waals surface area contributed by atoms with E-state index in [0.29, 0.717) is 0 Å². The standard InChI is InChI=1S/C14H20BrNO/c1-4-11-9-12(15)5-6-13(11)16-7-8-17-14(2,3)10-16/h5-6,9H,4,7-8,10H2,1-3H3. The lowest BCUT2D eigenvalue weighted by Gasteiger charge is -2.40. The van der Waals surface area contributed by atoms with Crippen LogP contribution in [0, 0.1) is 0 Å². The van der Waals surface area contributed by atoms with Gasteiger partial charge in [0.1, 0.15) is 0 Å². The number of aryl methyl sites for hydroxylation is 1. The van der Waals surface area contributed by atoms with E-state index in [4.69, 9.17) is 4.74 Å². The van der Waals surface area contributed by atoms with Gasteiger partial charge in [0.25, 0.3) is 0 Å². The molecular formula is C14H20BrNO. The second-order valence-corrected chi connectivity index (χ2v) is 6.07. The molecule has 0 aliphatic carbocycles. The Bertz CT molecular complexity index is 403. The van der Waals surface area contributed by atoms with E-state index >= 15 is 0 Å². The summed E-state index contributed by atoms with van der Waals surface area (Å²) < 4.78 is 6.92. The van der Waals surface area contributed by atoms with Crippen molar-refractivity contribution < 1.29 is 4.74 Å². The van der Waals surface area contributed by atoms with E-state index in [0.717, 1.165) is 30.6 Å². The molecule has 1 aromatic carbocycles. The molecule has 0 atom stereocenters. The maximum atomic E-state index is 5.76. The summed E-state index contributed by atoms with van der Waals surface area (Å²) in [7, 11) is 0. The number of anilines is 1. The lowest BCUT2D eigenvalue weighted by molar-refractivity contribution is -0.0277. The molecule has 17 heavy (non-hydrogen) atoms. The van der Waals surface area contributed by atoms with Crippen molar-refractivity contribution in [1.29, 1.82) is 0 Å². The predicted octanol–water partition coefficient (Wildman–Crippen LogP) is 3.63. The average Bonchev–Trinajstić information content (AvgIpc) is 2.27. The van der Waals surface area contributed by atoms with Crippen LogP contribution in [0.25, 0.3) is 0 Å². The first kappa shape index (κ1) is 12.9. The fourth-order valence-electron chi connectivity index (χ4n) is 2.37. The van der Waals surface area contributed by atoms with Gasteiger partial charge in [0.15, 0.2) is 0 Å².